The molecule has 1 aromatic heterocycles. The van der Waals surface area contributed by atoms with Crippen LogP contribution in [0.3, 0.4) is 0 Å². The van der Waals surface area contributed by atoms with Gasteiger partial charge in [0.2, 0.25) is 0 Å². The molecule has 0 bridgehead atoms. The molecule has 0 atom stereocenters. The van der Waals surface area contributed by atoms with Crippen LogP contribution in [0.15, 0.2) is 24.4 Å². The molecule has 0 aliphatic heterocycles. The van der Waals surface area contributed by atoms with Gasteiger partial charge in [-0.2, -0.15) is 0 Å². The van der Waals surface area contributed by atoms with E-state index in [-0.39, 0.29) is 5.02 Å². The molecule has 0 saturated carbocycles. The molecule has 0 aliphatic rings. The molecule has 0 unspecified atom stereocenters. The van der Waals surface area contributed by atoms with E-state index in [1.54, 1.807) is 18.3 Å². The monoisotopic (exact) mass is 268 g/mol. The highest BCUT2D eigenvalue weighted by atomic mass is 35.5. The molecule has 0 amide bonds. The molecule has 1 heterocycles. The van der Waals surface area contributed by atoms with E-state index in [2.05, 4.69) is 10.3 Å². The van der Waals surface area contributed by atoms with Gasteiger partial charge in [-0.15, -0.1) is 5.10 Å². The first-order chi connectivity index (χ1) is 8.72. The Labute approximate surface area is 110 Å². The maximum absolute atomic E-state index is 13.8. The van der Waals surface area contributed by atoms with Crippen LogP contribution >= 0.6 is 11.6 Å². The van der Waals surface area contributed by atoms with Crippen molar-refractivity contribution in [2.75, 3.05) is 6.54 Å². The molecule has 0 saturated heterocycles. The van der Waals surface area contributed by atoms with Crippen LogP contribution in [0.4, 0.5) is 4.39 Å². The molecule has 0 spiro atoms. The number of aryl methyl sites for hydroxylation is 1. The second kappa shape index (κ2) is 5.93. The highest BCUT2D eigenvalue weighted by molar-refractivity contribution is 6.30. The van der Waals surface area contributed by atoms with Crippen molar-refractivity contribution in [3.05, 3.63) is 40.9 Å². The van der Waals surface area contributed by atoms with E-state index in [1.165, 1.54) is 10.7 Å². The molecule has 0 radical (unpaired) electrons. The highest BCUT2D eigenvalue weighted by Gasteiger charge is 2.10. The zero-order valence-electron chi connectivity index (χ0n) is 9.81. The summed E-state index contributed by atoms with van der Waals surface area (Å²) >= 11 is 5.72. The Hall–Kier alpha value is -1.46. The lowest BCUT2D eigenvalue weighted by atomic mass is 10.2. The number of unbranched alkanes of at least 4 members (excludes halogenated alkanes) is 1. The first-order valence-electron chi connectivity index (χ1n) is 5.78. The maximum atomic E-state index is 13.8. The van der Waals surface area contributed by atoms with E-state index >= 15 is 0 Å². The third kappa shape index (κ3) is 2.86. The summed E-state index contributed by atoms with van der Waals surface area (Å²) in [6.45, 7) is 0.664. The average molecular weight is 269 g/mol. The number of nitrogens with two attached hydrogens (primary N) is 1. The third-order valence-electron chi connectivity index (χ3n) is 2.61. The molecule has 2 N–H and O–H groups in total. The highest BCUT2D eigenvalue weighted by Crippen LogP contribution is 2.20. The minimum absolute atomic E-state index is 0.0766. The zero-order chi connectivity index (χ0) is 13.0. The second-order valence-electron chi connectivity index (χ2n) is 3.97. The van der Waals surface area contributed by atoms with E-state index in [0.29, 0.717) is 12.2 Å². The summed E-state index contributed by atoms with van der Waals surface area (Å²) in [6.07, 6.45) is 4.40. The van der Waals surface area contributed by atoms with Gasteiger partial charge in [0.15, 0.2) is 5.82 Å². The Morgan fingerprint density at radius 3 is 2.94 bits per heavy atom. The molecule has 4 nitrogen and oxygen atoms in total. The number of hydrogen-bond donors (Lipinski definition) is 1. The fourth-order valence-electron chi connectivity index (χ4n) is 1.65. The zero-order valence-corrected chi connectivity index (χ0v) is 10.6. The Morgan fingerprint density at radius 2 is 2.17 bits per heavy atom. The number of halogens is 2. The van der Waals surface area contributed by atoms with E-state index < -0.39 is 5.82 Å². The second-order valence-corrected chi connectivity index (χ2v) is 4.38. The Balaban J connectivity index is 2.16. The number of benzene rings is 1. The molecular formula is C12H14ClFN4. The van der Waals surface area contributed by atoms with Crippen molar-refractivity contribution in [3.63, 3.8) is 0 Å². The molecule has 18 heavy (non-hydrogen) atoms. The van der Waals surface area contributed by atoms with Gasteiger partial charge in [0.25, 0.3) is 0 Å². The summed E-state index contributed by atoms with van der Waals surface area (Å²) in [5.41, 5.74) is 6.55. The fourth-order valence-corrected chi connectivity index (χ4v) is 1.82. The van der Waals surface area contributed by atoms with Crippen LogP contribution in [-0.2, 0) is 6.42 Å². The topological polar surface area (TPSA) is 56.7 Å². The van der Waals surface area contributed by atoms with Crippen molar-refractivity contribution in [1.29, 1.82) is 0 Å². The Bertz CT molecular complexity index is 527. The van der Waals surface area contributed by atoms with Crippen molar-refractivity contribution in [3.8, 4) is 5.69 Å². The van der Waals surface area contributed by atoms with E-state index in [4.69, 9.17) is 17.3 Å². The van der Waals surface area contributed by atoms with Crippen molar-refractivity contribution >= 4 is 11.6 Å². The first kappa shape index (κ1) is 13.0. The Morgan fingerprint density at radius 1 is 1.33 bits per heavy atom. The predicted molar refractivity (Wildman–Crippen MR) is 68.3 cm³/mol. The van der Waals surface area contributed by atoms with E-state index in [1.807, 2.05) is 0 Å². The van der Waals surface area contributed by atoms with Gasteiger partial charge in [-0.05, 0) is 37.9 Å². The molecule has 0 fully saturated rings. The maximum Gasteiger partial charge on any atom is 0.167 e. The average Bonchev–Trinajstić information content (AvgIpc) is 2.82. The molecule has 1 aromatic carbocycles. The van der Waals surface area contributed by atoms with E-state index in [9.17, 15) is 4.39 Å². The lowest BCUT2D eigenvalue weighted by Gasteiger charge is -2.02. The van der Waals surface area contributed by atoms with Crippen LogP contribution in [0.5, 0.6) is 0 Å². The molecule has 2 rings (SSSR count). The van der Waals surface area contributed by atoms with Crippen LogP contribution in [-0.4, -0.2) is 21.5 Å². The lowest BCUT2D eigenvalue weighted by molar-refractivity contribution is 0.607. The summed E-state index contributed by atoms with van der Waals surface area (Å²) < 4.78 is 15.2. The van der Waals surface area contributed by atoms with Crippen LogP contribution in [0.25, 0.3) is 5.69 Å². The SMILES string of the molecule is NCCCCc1cn(-c2cccc(Cl)c2F)nn1. The largest absolute Gasteiger partial charge is 0.330 e. The summed E-state index contributed by atoms with van der Waals surface area (Å²) in [5.74, 6) is -0.488. The smallest absolute Gasteiger partial charge is 0.167 e. The minimum Gasteiger partial charge on any atom is -0.330 e. The normalized spacial score (nSPS) is 10.8. The summed E-state index contributed by atoms with van der Waals surface area (Å²) in [6, 6.07) is 4.79. The van der Waals surface area contributed by atoms with Crippen molar-refractivity contribution in [2.24, 2.45) is 5.73 Å². The molecule has 96 valence electrons. The first-order valence-corrected chi connectivity index (χ1v) is 6.16. The fraction of sp³-hybridized carbons (Fsp3) is 0.333. The van der Waals surface area contributed by atoms with Gasteiger partial charge in [0, 0.05) is 0 Å². The van der Waals surface area contributed by atoms with Gasteiger partial charge in [-0.3, -0.25) is 0 Å². The summed E-state index contributed by atoms with van der Waals surface area (Å²) in [7, 11) is 0. The number of rotatable bonds is 5. The van der Waals surface area contributed by atoms with Crippen LogP contribution in [0.2, 0.25) is 5.02 Å². The number of hydrogen-bond acceptors (Lipinski definition) is 3. The number of aromatic nitrogens is 3. The van der Waals surface area contributed by atoms with Crippen LogP contribution in [0, 0.1) is 5.82 Å². The van der Waals surface area contributed by atoms with Gasteiger partial charge < -0.3 is 5.73 Å². The quantitative estimate of drug-likeness (QED) is 0.847. The van der Waals surface area contributed by atoms with Gasteiger partial charge in [-0.25, -0.2) is 9.07 Å². The van der Waals surface area contributed by atoms with Gasteiger partial charge in [0.1, 0.15) is 5.69 Å². The minimum atomic E-state index is -0.488. The van der Waals surface area contributed by atoms with Crippen LogP contribution in [0.1, 0.15) is 18.5 Å². The predicted octanol–water partition coefficient (Wildman–Crippen LogP) is 2.34. The standard InChI is InChI=1S/C12H14ClFN4/c13-10-5-3-6-11(12(10)14)18-8-9(16-17-18)4-1-2-7-15/h3,5-6,8H,1-2,4,7,15H2. The van der Waals surface area contributed by atoms with Crippen LogP contribution < -0.4 is 5.73 Å². The molecular weight excluding hydrogens is 255 g/mol. The molecule has 2 aromatic rings. The van der Waals surface area contributed by atoms with E-state index in [0.717, 1.165) is 25.0 Å². The lowest BCUT2D eigenvalue weighted by Crippen LogP contribution is -1.99. The molecule has 6 heteroatoms. The van der Waals surface area contributed by atoms with Crippen molar-refractivity contribution < 1.29 is 4.39 Å². The van der Waals surface area contributed by atoms with Crippen molar-refractivity contribution in [1.82, 2.24) is 15.0 Å². The summed E-state index contributed by atoms with van der Waals surface area (Å²) in [5, 5.41) is 7.98. The number of nitrogens with zero attached hydrogens (tertiary/aromatic N) is 3. The van der Waals surface area contributed by atoms with Crippen molar-refractivity contribution in [2.45, 2.75) is 19.3 Å². The summed E-state index contributed by atoms with van der Waals surface area (Å²) in [4.78, 5) is 0. The Kier molecular flexibility index (Phi) is 4.28. The van der Waals surface area contributed by atoms with Gasteiger partial charge in [0.05, 0.1) is 16.9 Å². The molecule has 0 aliphatic carbocycles. The third-order valence-corrected chi connectivity index (χ3v) is 2.90. The van der Waals surface area contributed by atoms with Gasteiger partial charge in [-0.1, -0.05) is 22.9 Å². The van der Waals surface area contributed by atoms with Gasteiger partial charge >= 0.3 is 0 Å².